The first kappa shape index (κ1) is 19.1. The number of nitrogens with one attached hydrogen (secondary N) is 1. The Bertz CT molecular complexity index is 881. The van der Waals surface area contributed by atoms with E-state index in [1.807, 2.05) is 0 Å². The predicted molar refractivity (Wildman–Crippen MR) is 90.1 cm³/mol. The summed E-state index contributed by atoms with van der Waals surface area (Å²) in [5.41, 5.74) is 0.289. The average Bonchev–Trinajstić information content (AvgIpc) is 2.62. The number of benzene rings is 1. The van der Waals surface area contributed by atoms with Crippen molar-refractivity contribution in [1.29, 1.82) is 0 Å². The van der Waals surface area contributed by atoms with Crippen LogP contribution < -0.4 is 15.6 Å². The number of nitrogens with zero attached hydrogens (tertiary/aromatic N) is 2. The molecule has 0 bridgehead atoms. The van der Waals surface area contributed by atoms with Gasteiger partial charge in [0.1, 0.15) is 24.2 Å². The Balaban J connectivity index is 2.27. The van der Waals surface area contributed by atoms with Crippen LogP contribution in [0.2, 0.25) is 0 Å². The van der Waals surface area contributed by atoms with Crippen molar-refractivity contribution in [3.63, 3.8) is 0 Å². The van der Waals surface area contributed by atoms with Gasteiger partial charge in [-0.15, -0.1) is 0 Å². The van der Waals surface area contributed by atoms with E-state index in [0.29, 0.717) is 11.3 Å². The molecule has 2 aromatic rings. The highest BCUT2D eigenvalue weighted by atomic mass is 19.1. The minimum atomic E-state index is -0.858. The van der Waals surface area contributed by atoms with E-state index in [4.69, 9.17) is 4.74 Å². The van der Waals surface area contributed by atoms with Crippen molar-refractivity contribution in [2.75, 3.05) is 14.2 Å². The number of esters is 1. The van der Waals surface area contributed by atoms with Gasteiger partial charge in [0.05, 0.1) is 19.9 Å². The Morgan fingerprint density at radius 1 is 1.27 bits per heavy atom. The maximum Gasteiger partial charge on any atom is 0.328 e. The second-order valence-electron chi connectivity index (χ2n) is 5.37. The zero-order chi connectivity index (χ0) is 19.3. The Morgan fingerprint density at radius 2 is 2.00 bits per heavy atom. The minimum absolute atomic E-state index is 0.242. The van der Waals surface area contributed by atoms with E-state index in [-0.39, 0.29) is 5.75 Å². The fraction of sp³-hybridized carbons (Fsp3) is 0.294. The third-order valence-electron chi connectivity index (χ3n) is 3.53. The number of amides is 1. The number of carbonyl (C=O) groups is 2. The molecular weight excluding hydrogens is 345 g/mol. The number of aromatic nitrogens is 2. The summed E-state index contributed by atoms with van der Waals surface area (Å²) >= 11 is 0. The summed E-state index contributed by atoms with van der Waals surface area (Å²) in [6.07, 6.45) is 0. The maximum atomic E-state index is 13.3. The van der Waals surface area contributed by atoms with Crippen LogP contribution in [-0.2, 0) is 20.9 Å². The van der Waals surface area contributed by atoms with Crippen LogP contribution in [0, 0.1) is 5.82 Å². The topological polar surface area (TPSA) is 99.5 Å². The van der Waals surface area contributed by atoms with Crippen molar-refractivity contribution < 1.29 is 23.5 Å². The molecule has 0 radical (unpaired) electrons. The summed E-state index contributed by atoms with van der Waals surface area (Å²) in [6.45, 7) is 1.07. The van der Waals surface area contributed by atoms with E-state index >= 15 is 0 Å². The lowest BCUT2D eigenvalue weighted by Crippen LogP contribution is -2.42. The average molecular weight is 363 g/mol. The molecule has 0 spiro atoms. The van der Waals surface area contributed by atoms with Crippen LogP contribution in [0.25, 0.3) is 11.3 Å². The lowest BCUT2D eigenvalue weighted by Gasteiger charge is -2.13. The van der Waals surface area contributed by atoms with Gasteiger partial charge in [-0.2, -0.15) is 5.10 Å². The van der Waals surface area contributed by atoms with Crippen LogP contribution >= 0.6 is 0 Å². The fourth-order valence-corrected chi connectivity index (χ4v) is 2.24. The highest BCUT2D eigenvalue weighted by molar-refractivity contribution is 5.83. The van der Waals surface area contributed by atoms with Gasteiger partial charge in [0.25, 0.3) is 5.56 Å². The lowest BCUT2D eigenvalue weighted by atomic mass is 10.1. The molecule has 1 N–H and O–H groups in total. The fourth-order valence-electron chi connectivity index (χ4n) is 2.24. The molecule has 26 heavy (non-hydrogen) atoms. The highest BCUT2D eigenvalue weighted by Gasteiger charge is 2.17. The molecule has 0 fully saturated rings. The Kier molecular flexibility index (Phi) is 6.05. The molecule has 0 saturated heterocycles. The van der Waals surface area contributed by atoms with Crippen molar-refractivity contribution in [2.45, 2.75) is 19.5 Å². The molecule has 8 nitrogen and oxygen atoms in total. The van der Waals surface area contributed by atoms with Crippen molar-refractivity contribution in [2.24, 2.45) is 0 Å². The molecule has 0 aliphatic rings. The molecule has 1 amide bonds. The van der Waals surface area contributed by atoms with Gasteiger partial charge in [-0.05, 0) is 25.1 Å². The second-order valence-corrected chi connectivity index (χ2v) is 5.37. The molecule has 1 aromatic carbocycles. The van der Waals surface area contributed by atoms with Gasteiger partial charge in [-0.3, -0.25) is 9.59 Å². The molecule has 138 valence electrons. The predicted octanol–water partition coefficient (Wildman–Crippen LogP) is 0.736. The molecule has 9 heteroatoms. The van der Waals surface area contributed by atoms with E-state index in [2.05, 4.69) is 15.2 Å². The van der Waals surface area contributed by atoms with Crippen molar-refractivity contribution in [1.82, 2.24) is 15.1 Å². The first-order chi connectivity index (χ1) is 12.3. The molecule has 1 heterocycles. The third-order valence-corrected chi connectivity index (χ3v) is 3.53. The van der Waals surface area contributed by atoms with Gasteiger partial charge in [0.2, 0.25) is 5.91 Å². The van der Waals surface area contributed by atoms with Crippen molar-refractivity contribution >= 4 is 11.9 Å². The molecule has 0 saturated carbocycles. The highest BCUT2D eigenvalue weighted by Crippen LogP contribution is 2.28. The van der Waals surface area contributed by atoms with Gasteiger partial charge < -0.3 is 14.8 Å². The monoisotopic (exact) mass is 363 g/mol. The van der Waals surface area contributed by atoms with E-state index in [1.165, 1.54) is 51.5 Å². The zero-order valence-electron chi connectivity index (χ0n) is 14.5. The van der Waals surface area contributed by atoms with Crippen LogP contribution in [0.15, 0.2) is 35.1 Å². The van der Waals surface area contributed by atoms with Gasteiger partial charge >= 0.3 is 5.97 Å². The van der Waals surface area contributed by atoms with Crippen LogP contribution in [0.3, 0.4) is 0 Å². The van der Waals surface area contributed by atoms with E-state index in [1.54, 1.807) is 0 Å². The largest absolute Gasteiger partial charge is 0.496 e. The smallest absolute Gasteiger partial charge is 0.328 e. The molecule has 2 rings (SSSR count). The second kappa shape index (κ2) is 8.24. The van der Waals surface area contributed by atoms with E-state index in [0.717, 1.165) is 4.68 Å². The number of ether oxygens (including phenoxy) is 2. The minimum Gasteiger partial charge on any atom is -0.496 e. The molecule has 0 aliphatic carbocycles. The number of carbonyl (C=O) groups excluding carboxylic acids is 2. The number of methoxy groups -OCH3 is 2. The Labute approximate surface area is 148 Å². The lowest BCUT2D eigenvalue weighted by molar-refractivity contribution is -0.144. The van der Waals surface area contributed by atoms with Crippen LogP contribution in [0.4, 0.5) is 4.39 Å². The first-order valence-corrected chi connectivity index (χ1v) is 7.65. The summed E-state index contributed by atoms with van der Waals surface area (Å²) in [5, 5.41) is 6.53. The third kappa shape index (κ3) is 4.44. The van der Waals surface area contributed by atoms with E-state index < -0.39 is 35.8 Å². The number of hydrogen-bond acceptors (Lipinski definition) is 6. The summed E-state index contributed by atoms with van der Waals surface area (Å²) in [5.74, 6) is -1.43. The molecule has 1 aromatic heterocycles. The SMILES string of the molecule is COC(=O)C(C)NC(=O)Cn1nc(-c2ccc(F)cc2OC)ccc1=O. The molecular formula is C17H18FN3O5. The quantitative estimate of drug-likeness (QED) is 0.760. The van der Waals surface area contributed by atoms with Crippen molar-refractivity contribution in [3.8, 4) is 17.0 Å². The van der Waals surface area contributed by atoms with Gasteiger partial charge in [0, 0.05) is 17.7 Å². The zero-order valence-corrected chi connectivity index (χ0v) is 14.5. The summed E-state index contributed by atoms with van der Waals surface area (Å²) in [6, 6.07) is 5.72. The Hall–Kier alpha value is -3.23. The normalized spacial score (nSPS) is 11.5. The van der Waals surface area contributed by atoms with Gasteiger partial charge in [-0.25, -0.2) is 13.9 Å². The Morgan fingerprint density at radius 3 is 2.65 bits per heavy atom. The standard InChI is InChI=1S/C17H18FN3O5/c1-10(17(24)26-3)19-15(22)9-21-16(23)7-6-13(20-21)12-5-4-11(18)8-14(12)25-2/h4-8,10H,9H2,1-3H3,(H,19,22). The van der Waals surface area contributed by atoms with Crippen LogP contribution in [-0.4, -0.2) is 41.9 Å². The summed E-state index contributed by atoms with van der Waals surface area (Å²) in [7, 11) is 2.59. The molecule has 1 atom stereocenters. The first-order valence-electron chi connectivity index (χ1n) is 7.65. The summed E-state index contributed by atoms with van der Waals surface area (Å²) < 4.78 is 23.9. The molecule has 1 unspecified atom stereocenters. The number of hydrogen-bond donors (Lipinski definition) is 1. The molecule has 0 aliphatic heterocycles. The summed E-state index contributed by atoms with van der Waals surface area (Å²) in [4.78, 5) is 35.3. The van der Waals surface area contributed by atoms with E-state index in [9.17, 15) is 18.8 Å². The van der Waals surface area contributed by atoms with Crippen molar-refractivity contribution in [3.05, 3.63) is 46.5 Å². The maximum absolute atomic E-state index is 13.3. The van der Waals surface area contributed by atoms with Gasteiger partial charge in [0.15, 0.2) is 0 Å². The number of rotatable bonds is 6. The number of halogens is 1. The van der Waals surface area contributed by atoms with Crippen LogP contribution in [0.5, 0.6) is 5.75 Å². The van der Waals surface area contributed by atoms with Crippen LogP contribution in [0.1, 0.15) is 6.92 Å². The van der Waals surface area contributed by atoms with Gasteiger partial charge in [-0.1, -0.05) is 0 Å².